The van der Waals surface area contributed by atoms with Crippen LogP contribution in [0.25, 0.3) is 0 Å². The Bertz CT molecular complexity index is 884. The van der Waals surface area contributed by atoms with E-state index in [2.05, 4.69) is 109 Å². The Labute approximate surface area is 178 Å². The second kappa shape index (κ2) is 8.35. The molecule has 0 aromatic heterocycles. The van der Waals surface area contributed by atoms with E-state index in [1.54, 1.807) is 0 Å². The molecule has 1 nitrogen and oxygen atoms in total. The van der Waals surface area contributed by atoms with Gasteiger partial charge in [-0.25, -0.2) is 0 Å². The van der Waals surface area contributed by atoms with Crippen molar-refractivity contribution in [3.8, 4) is 5.75 Å². The second-order valence-electron chi connectivity index (χ2n) is 9.44. The topological polar surface area (TPSA) is 9.23 Å². The van der Waals surface area contributed by atoms with Crippen molar-refractivity contribution >= 4 is 8.07 Å². The summed E-state index contributed by atoms with van der Waals surface area (Å²) in [6, 6.07) is 17.2. The summed E-state index contributed by atoms with van der Waals surface area (Å²) < 4.78 is 6.63. The molecular weight excluding hydrogens is 368 g/mol. The summed E-state index contributed by atoms with van der Waals surface area (Å²) >= 11 is 0. The number of ether oxygens (including phenoxy) is 1. The molecule has 154 valence electrons. The molecule has 1 aliphatic rings. The normalized spacial score (nSPS) is 18.5. The Morgan fingerprint density at radius 3 is 2.00 bits per heavy atom. The number of hydrogen-bond donors (Lipinski definition) is 0. The van der Waals surface area contributed by atoms with E-state index in [0.29, 0.717) is 16.6 Å². The van der Waals surface area contributed by atoms with Gasteiger partial charge in [0.1, 0.15) is 11.5 Å². The molecule has 2 heteroatoms. The molecule has 0 aliphatic carbocycles. The highest BCUT2D eigenvalue weighted by atomic mass is 28.3. The number of benzene rings is 2. The van der Waals surface area contributed by atoms with E-state index in [9.17, 15) is 0 Å². The molecule has 1 heterocycles. The average molecular weight is 405 g/mol. The maximum atomic E-state index is 6.63. The molecule has 0 N–H and O–H groups in total. The molecule has 1 atom stereocenters. The molecule has 0 amide bonds. The Morgan fingerprint density at radius 1 is 0.862 bits per heavy atom. The van der Waals surface area contributed by atoms with Crippen LogP contribution in [0.3, 0.4) is 0 Å². The Morgan fingerprint density at radius 2 is 1.45 bits per heavy atom. The zero-order valence-corrected chi connectivity index (χ0v) is 20.1. The van der Waals surface area contributed by atoms with Gasteiger partial charge in [-0.15, -0.1) is 0 Å². The standard InChI is InChI=1S/C27H36OSi/c1-18(2)29(19(3)4,20(5)6)17-25-22(8)26(23-14-10-9-11-15-23)24-16-12-13-21(7)27(24)28-25/h9-20,26H,8H2,1-7H3/b25-17-. The Balaban J connectivity index is 2.23. The maximum Gasteiger partial charge on any atom is 0.134 e. The Kier molecular flexibility index (Phi) is 6.23. The van der Waals surface area contributed by atoms with Crippen molar-refractivity contribution in [2.24, 2.45) is 0 Å². The molecule has 0 bridgehead atoms. The molecule has 3 rings (SSSR count). The van der Waals surface area contributed by atoms with E-state index in [-0.39, 0.29) is 5.92 Å². The molecule has 29 heavy (non-hydrogen) atoms. The van der Waals surface area contributed by atoms with Gasteiger partial charge in [0.2, 0.25) is 0 Å². The van der Waals surface area contributed by atoms with Crippen LogP contribution in [-0.4, -0.2) is 8.07 Å². The number of aryl methyl sites for hydroxylation is 1. The summed E-state index contributed by atoms with van der Waals surface area (Å²) in [6.45, 7) is 21.1. The van der Waals surface area contributed by atoms with E-state index >= 15 is 0 Å². The van der Waals surface area contributed by atoms with Crippen LogP contribution < -0.4 is 4.74 Å². The first-order valence-electron chi connectivity index (χ1n) is 10.9. The summed E-state index contributed by atoms with van der Waals surface area (Å²) in [7, 11) is -1.77. The minimum absolute atomic E-state index is 0.143. The lowest BCUT2D eigenvalue weighted by atomic mass is 9.82. The highest BCUT2D eigenvalue weighted by Crippen LogP contribution is 2.49. The van der Waals surface area contributed by atoms with Crippen LogP contribution in [0.5, 0.6) is 5.75 Å². The molecule has 0 saturated carbocycles. The molecule has 0 saturated heterocycles. The van der Waals surface area contributed by atoms with E-state index in [1.807, 2.05) is 0 Å². The van der Waals surface area contributed by atoms with Gasteiger partial charge in [0.05, 0.1) is 8.07 Å². The highest BCUT2D eigenvalue weighted by Gasteiger charge is 2.43. The predicted molar refractivity (Wildman–Crippen MR) is 128 cm³/mol. The van der Waals surface area contributed by atoms with Gasteiger partial charge in [-0.05, 0) is 40.2 Å². The SMILES string of the molecule is C=C1/C(=C/[Si](C(C)C)(C(C)C)C(C)C)Oc2c(C)cccc2C1c1ccccc1. The minimum atomic E-state index is -1.77. The first-order valence-corrected chi connectivity index (χ1v) is 13.2. The lowest BCUT2D eigenvalue weighted by Crippen LogP contribution is -2.43. The minimum Gasteiger partial charge on any atom is -0.457 e. The van der Waals surface area contributed by atoms with Gasteiger partial charge in [-0.3, -0.25) is 0 Å². The summed E-state index contributed by atoms with van der Waals surface area (Å²) in [6.07, 6.45) is 0. The fraction of sp³-hybridized carbons (Fsp3) is 0.407. The smallest absolute Gasteiger partial charge is 0.134 e. The van der Waals surface area contributed by atoms with E-state index < -0.39 is 8.07 Å². The largest absolute Gasteiger partial charge is 0.457 e. The predicted octanol–water partition coefficient (Wildman–Crippen LogP) is 8.18. The molecule has 0 fully saturated rings. The first-order chi connectivity index (χ1) is 13.7. The summed E-state index contributed by atoms with van der Waals surface area (Å²) in [5.74, 6) is 2.16. The van der Waals surface area contributed by atoms with Crippen LogP contribution in [0.4, 0.5) is 0 Å². The molecule has 2 aromatic carbocycles. The van der Waals surface area contributed by atoms with Gasteiger partial charge < -0.3 is 4.74 Å². The van der Waals surface area contributed by atoms with Crippen LogP contribution >= 0.6 is 0 Å². The van der Waals surface area contributed by atoms with Crippen molar-refractivity contribution in [3.63, 3.8) is 0 Å². The lowest BCUT2D eigenvalue weighted by molar-refractivity contribution is 0.405. The quantitative estimate of drug-likeness (QED) is 0.456. The van der Waals surface area contributed by atoms with Crippen LogP contribution in [0.1, 0.15) is 64.2 Å². The van der Waals surface area contributed by atoms with E-state index in [0.717, 1.165) is 17.1 Å². The third-order valence-corrected chi connectivity index (χ3v) is 13.7. The van der Waals surface area contributed by atoms with Gasteiger partial charge in [0.15, 0.2) is 0 Å². The fourth-order valence-electron chi connectivity index (χ4n) is 5.42. The summed E-state index contributed by atoms with van der Waals surface area (Å²) in [5, 5.41) is 0. The van der Waals surface area contributed by atoms with E-state index in [4.69, 9.17) is 4.74 Å². The van der Waals surface area contributed by atoms with Crippen molar-refractivity contribution < 1.29 is 4.74 Å². The number of fused-ring (bicyclic) bond motifs is 1. The molecule has 2 aromatic rings. The zero-order chi connectivity index (χ0) is 21.3. The van der Waals surface area contributed by atoms with Gasteiger partial charge in [-0.2, -0.15) is 0 Å². The number of para-hydroxylation sites is 1. The number of rotatable bonds is 5. The fourth-order valence-corrected chi connectivity index (χ4v) is 11.1. The van der Waals surface area contributed by atoms with Gasteiger partial charge >= 0.3 is 0 Å². The van der Waals surface area contributed by atoms with Crippen LogP contribution in [0.2, 0.25) is 16.6 Å². The second-order valence-corrected chi connectivity index (χ2v) is 15.2. The van der Waals surface area contributed by atoms with Crippen molar-refractivity contribution in [1.29, 1.82) is 0 Å². The van der Waals surface area contributed by atoms with Gasteiger partial charge in [-0.1, -0.05) is 102 Å². The van der Waals surface area contributed by atoms with Crippen LogP contribution in [0, 0.1) is 6.92 Å². The molecule has 1 unspecified atom stereocenters. The first kappa shape index (κ1) is 21.6. The lowest BCUT2D eigenvalue weighted by Gasteiger charge is -2.42. The average Bonchev–Trinajstić information content (AvgIpc) is 2.66. The maximum absolute atomic E-state index is 6.63. The third kappa shape index (κ3) is 3.75. The highest BCUT2D eigenvalue weighted by molar-refractivity contribution is 6.88. The molecule has 1 aliphatic heterocycles. The number of allylic oxidation sites excluding steroid dienone is 1. The monoisotopic (exact) mass is 404 g/mol. The molecule has 0 radical (unpaired) electrons. The van der Waals surface area contributed by atoms with Crippen molar-refractivity contribution in [3.05, 3.63) is 88.8 Å². The van der Waals surface area contributed by atoms with Crippen molar-refractivity contribution in [2.75, 3.05) is 0 Å². The van der Waals surface area contributed by atoms with Gasteiger partial charge in [0.25, 0.3) is 0 Å². The molecular formula is C27H36OSi. The molecule has 0 spiro atoms. The van der Waals surface area contributed by atoms with Crippen LogP contribution in [0.15, 0.2) is 72.1 Å². The summed E-state index contributed by atoms with van der Waals surface area (Å²) in [4.78, 5) is 0. The Hall–Kier alpha value is -2.06. The van der Waals surface area contributed by atoms with Crippen LogP contribution in [-0.2, 0) is 0 Å². The number of hydrogen-bond acceptors (Lipinski definition) is 1. The van der Waals surface area contributed by atoms with Gasteiger partial charge in [0, 0.05) is 11.5 Å². The van der Waals surface area contributed by atoms with E-state index in [1.165, 1.54) is 16.7 Å². The third-order valence-electron chi connectivity index (χ3n) is 6.94. The van der Waals surface area contributed by atoms with Crippen molar-refractivity contribution in [1.82, 2.24) is 0 Å². The summed E-state index contributed by atoms with van der Waals surface area (Å²) in [5.41, 5.74) is 9.25. The zero-order valence-electron chi connectivity index (χ0n) is 19.1. The van der Waals surface area contributed by atoms with Crippen molar-refractivity contribution in [2.45, 2.75) is 71.0 Å².